The van der Waals surface area contributed by atoms with Crippen LogP contribution < -0.4 is 0 Å². The second-order valence-corrected chi connectivity index (χ2v) is 14.2. The van der Waals surface area contributed by atoms with Crippen molar-refractivity contribution < 1.29 is 14.2 Å². The van der Waals surface area contributed by atoms with Gasteiger partial charge in [-0.15, -0.1) is 0 Å². The number of rotatable bonds is 11. The molecule has 36 heavy (non-hydrogen) atoms. The Labute approximate surface area is 224 Å². The molecule has 0 amide bonds. The molecule has 0 aromatic rings. The lowest BCUT2D eigenvalue weighted by Crippen LogP contribution is -2.63. The number of fused-ring (bicyclic) bond motifs is 5. The van der Waals surface area contributed by atoms with E-state index in [4.69, 9.17) is 14.2 Å². The highest BCUT2D eigenvalue weighted by molar-refractivity contribution is 5.15. The molecular weight excluding hydrogens is 444 g/mol. The van der Waals surface area contributed by atoms with Gasteiger partial charge in [0.25, 0.3) is 0 Å². The summed E-state index contributed by atoms with van der Waals surface area (Å²) in [6.45, 7) is 22.3. The maximum atomic E-state index is 6.91. The van der Waals surface area contributed by atoms with Crippen molar-refractivity contribution in [3.63, 3.8) is 0 Å². The molecule has 0 saturated heterocycles. The van der Waals surface area contributed by atoms with Crippen LogP contribution in [0.2, 0.25) is 0 Å². The van der Waals surface area contributed by atoms with Crippen molar-refractivity contribution in [2.75, 3.05) is 19.8 Å². The predicted molar refractivity (Wildman–Crippen MR) is 150 cm³/mol. The zero-order valence-corrected chi connectivity index (χ0v) is 25.2. The van der Waals surface area contributed by atoms with Gasteiger partial charge >= 0.3 is 0 Å². The van der Waals surface area contributed by atoms with Gasteiger partial charge < -0.3 is 14.2 Å². The van der Waals surface area contributed by atoms with Crippen LogP contribution in [0, 0.1) is 52.3 Å². The number of ether oxygens (including phenoxy) is 3. The van der Waals surface area contributed by atoms with Gasteiger partial charge in [0.2, 0.25) is 0 Å². The Balaban J connectivity index is 1.69. The summed E-state index contributed by atoms with van der Waals surface area (Å²) >= 11 is 0. The average Bonchev–Trinajstić information content (AvgIpc) is 3.22. The van der Waals surface area contributed by atoms with E-state index in [-0.39, 0.29) is 5.41 Å². The molecule has 4 fully saturated rings. The Kier molecular flexibility index (Phi) is 9.59. The zero-order valence-electron chi connectivity index (χ0n) is 25.2. The second kappa shape index (κ2) is 12.0. The van der Waals surface area contributed by atoms with Crippen molar-refractivity contribution in [3.8, 4) is 0 Å². The molecule has 0 aromatic heterocycles. The van der Waals surface area contributed by atoms with Crippen LogP contribution in [0.15, 0.2) is 0 Å². The molecule has 0 heterocycles. The van der Waals surface area contributed by atoms with E-state index in [1.807, 2.05) is 0 Å². The summed E-state index contributed by atoms with van der Waals surface area (Å²) in [7, 11) is 0. The van der Waals surface area contributed by atoms with Crippen molar-refractivity contribution in [2.45, 2.75) is 138 Å². The molecule has 0 spiro atoms. The Bertz CT molecular complexity index is 692. The molecule has 11 unspecified atom stereocenters. The molecule has 4 aliphatic carbocycles. The fourth-order valence-electron chi connectivity index (χ4n) is 9.85. The topological polar surface area (TPSA) is 27.7 Å². The van der Waals surface area contributed by atoms with E-state index >= 15 is 0 Å². The lowest BCUT2D eigenvalue weighted by Gasteiger charge is -2.65. The maximum absolute atomic E-state index is 6.91. The van der Waals surface area contributed by atoms with Crippen molar-refractivity contribution in [1.29, 1.82) is 0 Å². The SMILES string of the molecule is CCCOC1CCC2(C)C(C1)CC(OCCC)C1C2CC(OCCC)C2(C)C(C(C)C(C)C)CCC12. The summed E-state index contributed by atoms with van der Waals surface area (Å²) in [5.74, 6) is 5.12. The van der Waals surface area contributed by atoms with Crippen LogP contribution in [0.4, 0.5) is 0 Å². The van der Waals surface area contributed by atoms with E-state index in [9.17, 15) is 0 Å². The molecule has 0 aliphatic heterocycles. The minimum atomic E-state index is 0.276. The molecule has 4 saturated carbocycles. The summed E-state index contributed by atoms with van der Waals surface area (Å²) in [6.07, 6.45) is 13.7. The third kappa shape index (κ3) is 5.08. The van der Waals surface area contributed by atoms with Crippen LogP contribution >= 0.6 is 0 Å². The van der Waals surface area contributed by atoms with Gasteiger partial charge in [-0.2, -0.15) is 0 Å². The lowest BCUT2D eigenvalue weighted by atomic mass is 9.43. The summed E-state index contributed by atoms with van der Waals surface area (Å²) in [6, 6.07) is 0. The van der Waals surface area contributed by atoms with E-state index in [0.29, 0.717) is 29.6 Å². The second-order valence-electron chi connectivity index (χ2n) is 14.2. The molecule has 11 atom stereocenters. The van der Waals surface area contributed by atoms with E-state index in [2.05, 4.69) is 55.4 Å². The highest BCUT2D eigenvalue weighted by Gasteiger charge is 2.66. The summed E-state index contributed by atoms with van der Waals surface area (Å²) < 4.78 is 20.1. The van der Waals surface area contributed by atoms with Gasteiger partial charge in [-0.3, -0.25) is 0 Å². The fraction of sp³-hybridized carbons (Fsp3) is 1.00. The molecule has 3 heteroatoms. The van der Waals surface area contributed by atoms with Gasteiger partial charge in [0.05, 0.1) is 18.3 Å². The fourth-order valence-corrected chi connectivity index (χ4v) is 9.85. The average molecular weight is 505 g/mol. The smallest absolute Gasteiger partial charge is 0.0637 e. The third-order valence-corrected chi connectivity index (χ3v) is 12.1. The van der Waals surface area contributed by atoms with E-state index < -0.39 is 0 Å². The quantitative estimate of drug-likeness (QED) is 0.282. The molecule has 0 bridgehead atoms. The van der Waals surface area contributed by atoms with Gasteiger partial charge in [0.1, 0.15) is 0 Å². The van der Waals surface area contributed by atoms with Crippen LogP contribution in [-0.2, 0) is 14.2 Å². The number of hydrogen-bond acceptors (Lipinski definition) is 3. The first-order valence-electron chi connectivity index (χ1n) is 16.1. The molecule has 4 aliphatic rings. The lowest BCUT2D eigenvalue weighted by molar-refractivity contribution is -0.228. The Morgan fingerprint density at radius 1 is 0.750 bits per heavy atom. The Morgan fingerprint density at radius 3 is 2.08 bits per heavy atom. The molecule has 0 aromatic carbocycles. The zero-order chi connectivity index (χ0) is 26.1. The normalized spacial score (nSPS) is 45.2. The monoisotopic (exact) mass is 504 g/mol. The third-order valence-electron chi connectivity index (χ3n) is 12.1. The van der Waals surface area contributed by atoms with E-state index in [0.717, 1.165) is 74.6 Å². The van der Waals surface area contributed by atoms with E-state index in [1.54, 1.807) is 0 Å². The van der Waals surface area contributed by atoms with Crippen LogP contribution in [-0.4, -0.2) is 38.1 Å². The van der Waals surface area contributed by atoms with Gasteiger partial charge in [0.15, 0.2) is 0 Å². The highest BCUT2D eigenvalue weighted by Crippen LogP contribution is 2.69. The van der Waals surface area contributed by atoms with Crippen molar-refractivity contribution in [1.82, 2.24) is 0 Å². The first-order chi connectivity index (χ1) is 17.2. The highest BCUT2D eigenvalue weighted by atomic mass is 16.5. The van der Waals surface area contributed by atoms with Gasteiger partial charge in [-0.05, 0) is 111 Å². The first-order valence-corrected chi connectivity index (χ1v) is 16.1. The van der Waals surface area contributed by atoms with Crippen LogP contribution in [0.1, 0.15) is 120 Å². The van der Waals surface area contributed by atoms with Gasteiger partial charge in [0, 0.05) is 25.2 Å². The summed E-state index contributed by atoms with van der Waals surface area (Å²) in [5, 5.41) is 0. The van der Waals surface area contributed by atoms with Crippen LogP contribution in [0.5, 0.6) is 0 Å². The van der Waals surface area contributed by atoms with Gasteiger partial charge in [-0.1, -0.05) is 55.4 Å². The van der Waals surface area contributed by atoms with Crippen molar-refractivity contribution in [2.24, 2.45) is 52.3 Å². The van der Waals surface area contributed by atoms with Crippen molar-refractivity contribution in [3.05, 3.63) is 0 Å². The summed E-state index contributed by atoms with van der Waals surface area (Å²) in [4.78, 5) is 0. The molecular formula is C33H60O3. The largest absolute Gasteiger partial charge is 0.378 e. The molecule has 210 valence electrons. The predicted octanol–water partition coefficient (Wildman–Crippen LogP) is 8.54. The van der Waals surface area contributed by atoms with Crippen molar-refractivity contribution >= 4 is 0 Å². The van der Waals surface area contributed by atoms with Crippen LogP contribution in [0.3, 0.4) is 0 Å². The Hall–Kier alpha value is -0.120. The van der Waals surface area contributed by atoms with E-state index in [1.165, 1.54) is 44.9 Å². The minimum absolute atomic E-state index is 0.276. The molecule has 4 rings (SSSR count). The molecule has 0 radical (unpaired) electrons. The summed E-state index contributed by atoms with van der Waals surface area (Å²) in [5.41, 5.74) is 0.679. The standard InChI is InChI=1S/C33H60O3/c1-9-16-34-25-14-15-32(7)24(19-25)20-29(35-17-10-2)31-27-13-12-26(23(6)22(4)5)33(27,8)30(21-28(31)32)36-18-11-3/h22-31H,9-21H2,1-8H3. The van der Waals surface area contributed by atoms with Crippen LogP contribution in [0.25, 0.3) is 0 Å². The first kappa shape index (κ1) is 28.9. The minimum Gasteiger partial charge on any atom is -0.378 e. The Morgan fingerprint density at radius 2 is 1.42 bits per heavy atom. The van der Waals surface area contributed by atoms with Gasteiger partial charge in [-0.25, -0.2) is 0 Å². The maximum Gasteiger partial charge on any atom is 0.0637 e. The molecule has 0 N–H and O–H groups in total. The molecule has 3 nitrogen and oxygen atoms in total. The number of hydrogen-bond donors (Lipinski definition) is 0.